The predicted molar refractivity (Wildman–Crippen MR) is 88.4 cm³/mol. The summed E-state index contributed by atoms with van der Waals surface area (Å²) in [6.07, 6.45) is 0.297. The van der Waals surface area contributed by atoms with Crippen molar-refractivity contribution in [3.8, 4) is 0 Å². The first-order valence-corrected chi connectivity index (χ1v) is 8.68. The molecule has 2 aromatic rings. The average molecular weight is 469 g/mol. The Morgan fingerprint density at radius 1 is 0.950 bits per heavy atom. The first-order chi connectivity index (χ1) is 9.54. The van der Waals surface area contributed by atoms with Crippen LogP contribution in [0, 0.1) is 11.6 Å². The second-order valence-electron chi connectivity index (χ2n) is 4.40. The van der Waals surface area contributed by atoms with Crippen LogP contribution in [0.3, 0.4) is 0 Å². The van der Waals surface area contributed by atoms with E-state index < -0.39 is 11.6 Å². The highest BCUT2D eigenvalue weighted by molar-refractivity contribution is 9.11. The van der Waals surface area contributed by atoms with Crippen LogP contribution in [0.15, 0.2) is 45.3 Å². The smallest absolute Gasteiger partial charge is 0.143 e. The molecule has 2 aromatic carbocycles. The molecule has 0 N–H and O–H groups in total. The van der Waals surface area contributed by atoms with Crippen molar-refractivity contribution in [3.05, 3.63) is 68.1 Å². The van der Waals surface area contributed by atoms with E-state index in [1.165, 1.54) is 12.1 Å². The van der Waals surface area contributed by atoms with Gasteiger partial charge in [-0.1, -0.05) is 50.1 Å². The lowest BCUT2D eigenvalue weighted by atomic mass is 9.93. The van der Waals surface area contributed by atoms with Gasteiger partial charge < -0.3 is 0 Å². The lowest BCUT2D eigenvalue weighted by Crippen LogP contribution is -2.09. The highest BCUT2D eigenvalue weighted by Crippen LogP contribution is 2.32. The van der Waals surface area contributed by atoms with E-state index in [1.807, 2.05) is 24.3 Å². The minimum Gasteiger partial charge on any atom is -0.207 e. The van der Waals surface area contributed by atoms with Gasteiger partial charge in [0.15, 0.2) is 0 Å². The Labute approximate surface area is 142 Å². The molecule has 0 aliphatic heterocycles. The highest BCUT2D eigenvalue weighted by atomic mass is 79.9. The van der Waals surface area contributed by atoms with Crippen molar-refractivity contribution in [2.45, 2.75) is 12.3 Å². The van der Waals surface area contributed by atoms with Crippen molar-refractivity contribution in [2.75, 3.05) is 5.33 Å². The third kappa shape index (κ3) is 3.49. The molecular weight excluding hydrogens is 458 g/mol. The van der Waals surface area contributed by atoms with Crippen molar-refractivity contribution in [2.24, 2.45) is 0 Å². The number of halogens is 5. The van der Waals surface area contributed by atoms with Gasteiger partial charge in [-0.2, -0.15) is 0 Å². The number of hydrogen-bond donors (Lipinski definition) is 0. The van der Waals surface area contributed by atoms with E-state index in [9.17, 15) is 8.78 Å². The number of rotatable bonds is 4. The first-order valence-electron chi connectivity index (χ1n) is 5.97. The lowest BCUT2D eigenvalue weighted by Gasteiger charge is -2.17. The Morgan fingerprint density at radius 2 is 1.65 bits per heavy atom. The molecule has 1 unspecified atom stereocenters. The van der Waals surface area contributed by atoms with E-state index in [-0.39, 0.29) is 16.0 Å². The van der Waals surface area contributed by atoms with E-state index in [1.54, 1.807) is 0 Å². The third-order valence-electron chi connectivity index (χ3n) is 3.12. The summed E-state index contributed by atoms with van der Waals surface area (Å²) in [5.74, 6) is -1.05. The molecule has 106 valence electrons. The molecule has 0 bridgehead atoms. The first kappa shape index (κ1) is 16.1. The second-order valence-corrected chi connectivity index (χ2v) is 6.75. The number of hydrogen-bond acceptors (Lipinski definition) is 0. The molecule has 0 spiro atoms. The summed E-state index contributed by atoms with van der Waals surface area (Å²) in [4.78, 5) is 0. The molecule has 0 aliphatic rings. The normalized spacial score (nSPS) is 12.4. The third-order valence-corrected chi connectivity index (χ3v) is 5.24. The lowest BCUT2D eigenvalue weighted by molar-refractivity contribution is 0.540. The van der Waals surface area contributed by atoms with E-state index in [0.29, 0.717) is 11.8 Å². The summed E-state index contributed by atoms with van der Waals surface area (Å²) in [6.45, 7) is 0. The SMILES string of the molecule is Fc1ccc(Br)c(F)c1CC(CBr)c1ccccc1Br. The highest BCUT2D eigenvalue weighted by Gasteiger charge is 2.20. The quantitative estimate of drug-likeness (QED) is 0.369. The van der Waals surface area contributed by atoms with E-state index in [4.69, 9.17) is 0 Å². The van der Waals surface area contributed by atoms with Gasteiger partial charge in [-0.25, -0.2) is 8.78 Å². The number of alkyl halides is 1. The van der Waals surface area contributed by atoms with Crippen LogP contribution in [0.1, 0.15) is 17.0 Å². The van der Waals surface area contributed by atoms with Crippen LogP contribution in [0.25, 0.3) is 0 Å². The van der Waals surface area contributed by atoms with Crippen LogP contribution >= 0.6 is 47.8 Å². The monoisotopic (exact) mass is 466 g/mol. The van der Waals surface area contributed by atoms with Crippen LogP contribution in [-0.4, -0.2) is 5.33 Å². The van der Waals surface area contributed by atoms with Crippen molar-refractivity contribution >= 4 is 47.8 Å². The Bertz CT molecular complexity index is 614. The topological polar surface area (TPSA) is 0 Å². The van der Waals surface area contributed by atoms with E-state index in [0.717, 1.165) is 10.0 Å². The summed E-state index contributed by atoms with van der Waals surface area (Å²) >= 11 is 10.0. The fourth-order valence-corrected chi connectivity index (χ4v) is 3.61. The number of benzene rings is 2. The van der Waals surface area contributed by atoms with Crippen molar-refractivity contribution < 1.29 is 8.78 Å². The summed E-state index contributed by atoms with van der Waals surface area (Å²) in [7, 11) is 0. The summed E-state index contributed by atoms with van der Waals surface area (Å²) in [5.41, 5.74) is 1.14. The summed E-state index contributed by atoms with van der Waals surface area (Å²) in [5, 5.41) is 0.626. The van der Waals surface area contributed by atoms with Crippen molar-refractivity contribution in [1.82, 2.24) is 0 Å². The molecule has 0 fully saturated rings. The van der Waals surface area contributed by atoms with Gasteiger partial charge in [-0.3, -0.25) is 0 Å². The maximum absolute atomic E-state index is 14.1. The molecule has 0 amide bonds. The fourth-order valence-electron chi connectivity index (χ4n) is 2.06. The average Bonchev–Trinajstić information content (AvgIpc) is 2.45. The Kier molecular flexibility index (Phi) is 5.75. The maximum Gasteiger partial charge on any atom is 0.143 e. The van der Waals surface area contributed by atoms with Gasteiger partial charge in [-0.05, 0) is 52.0 Å². The largest absolute Gasteiger partial charge is 0.207 e. The minimum atomic E-state index is -0.525. The summed E-state index contributed by atoms with van der Waals surface area (Å²) in [6, 6.07) is 10.4. The van der Waals surface area contributed by atoms with E-state index in [2.05, 4.69) is 47.8 Å². The van der Waals surface area contributed by atoms with Gasteiger partial charge in [-0.15, -0.1) is 0 Å². The van der Waals surface area contributed by atoms with Gasteiger partial charge in [0.25, 0.3) is 0 Å². The molecule has 2 rings (SSSR count). The zero-order valence-electron chi connectivity index (χ0n) is 10.3. The minimum absolute atomic E-state index is 0.0103. The van der Waals surface area contributed by atoms with Crippen LogP contribution in [0.2, 0.25) is 0 Å². The molecule has 0 aromatic heterocycles. The van der Waals surface area contributed by atoms with Crippen molar-refractivity contribution in [1.29, 1.82) is 0 Å². The molecule has 1 atom stereocenters. The standard InChI is InChI=1S/C15H11Br3F2/c16-8-9(10-3-1-2-4-12(10)17)7-11-14(19)6-5-13(18)15(11)20/h1-6,9H,7-8H2. The van der Waals surface area contributed by atoms with Gasteiger partial charge in [0.05, 0.1) is 4.47 Å². The zero-order chi connectivity index (χ0) is 14.7. The molecular formula is C15H11Br3F2. The van der Waals surface area contributed by atoms with E-state index >= 15 is 0 Å². The second kappa shape index (κ2) is 7.14. The van der Waals surface area contributed by atoms with Crippen LogP contribution < -0.4 is 0 Å². The molecule has 0 radical (unpaired) electrons. The molecule has 0 aliphatic carbocycles. The predicted octanol–water partition coefficient (Wildman–Crippen LogP) is 6.21. The fraction of sp³-hybridized carbons (Fsp3) is 0.200. The van der Waals surface area contributed by atoms with Gasteiger partial charge in [0.2, 0.25) is 0 Å². The Balaban J connectivity index is 2.37. The Hall–Kier alpha value is -0.260. The van der Waals surface area contributed by atoms with Crippen LogP contribution in [0.4, 0.5) is 8.78 Å². The van der Waals surface area contributed by atoms with Gasteiger partial charge in [0, 0.05) is 15.4 Å². The zero-order valence-corrected chi connectivity index (χ0v) is 15.1. The molecule has 5 heteroatoms. The van der Waals surface area contributed by atoms with Crippen molar-refractivity contribution in [3.63, 3.8) is 0 Å². The van der Waals surface area contributed by atoms with Crippen LogP contribution in [0.5, 0.6) is 0 Å². The van der Waals surface area contributed by atoms with Gasteiger partial charge >= 0.3 is 0 Å². The molecule has 0 saturated heterocycles. The van der Waals surface area contributed by atoms with Crippen LogP contribution in [-0.2, 0) is 6.42 Å². The Morgan fingerprint density at radius 3 is 2.30 bits per heavy atom. The molecule has 0 saturated carbocycles. The maximum atomic E-state index is 14.1. The van der Waals surface area contributed by atoms with Gasteiger partial charge in [0.1, 0.15) is 11.6 Å². The molecule has 20 heavy (non-hydrogen) atoms. The summed E-state index contributed by atoms with van der Waals surface area (Å²) < 4.78 is 29.1. The molecule has 0 heterocycles. The molecule has 0 nitrogen and oxygen atoms in total.